The minimum absolute atomic E-state index is 0.669. The van der Waals surface area contributed by atoms with Gasteiger partial charge in [-0.2, -0.15) is 10.4 Å². The second kappa shape index (κ2) is 5.33. The maximum Gasteiger partial charge on any atom is 0.104 e. The molecule has 1 aromatic heterocycles. The fourth-order valence-corrected chi connectivity index (χ4v) is 1.63. The average Bonchev–Trinajstić information content (AvgIpc) is 2.58. The van der Waals surface area contributed by atoms with Crippen molar-refractivity contribution < 1.29 is 0 Å². The number of rotatable bonds is 5. The van der Waals surface area contributed by atoms with Crippen molar-refractivity contribution in [1.82, 2.24) is 9.78 Å². The summed E-state index contributed by atoms with van der Waals surface area (Å²) in [6.45, 7) is 4.54. The molecule has 0 aliphatic carbocycles. The predicted octanol–water partition coefficient (Wildman–Crippen LogP) is 2.26. The number of nitrogens with two attached hydrogens (primary N) is 1. The number of aromatic nitrogens is 2. The zero-order valence-electron chi connectivity index (χ0n) is 9.70. The summed E-state index contributed by atoms with van der Waals surface area (Å²) in [6.07, 6.45) is 3.97. The van der Waals surface area contributed by atoms with Crippen LogP contribution in [-0.4, -0.2) is 15.3 Å². The van der Waals surface area contributed by atoms with E-state index in [1.54, 1.807) is 10.9 Å². The van der Waals surface area contributed by atoms with Crippen molar-refractivity contribution >= 4 is 11.6 Å². The van der Waals surface area contributed by atoms with E-state index in [1.165, 1.54) is 0 Å². The topological polar surface area (TPSA) is 67.6 Å². The monoisotopic (exact) mass is 240 g/mol. The van der Waals surface area contributed by atoms with Crippen molar-refractivity contribution in [3.05, 3.63) is 16.9 Å². The summed E-state index contributed by atoms with van der Waals surface area (Å²) in [5.74, 6) is 0. The summed E-state index contributed by atoms with van der Waals surface area (Å²) in [5.41, 5.74) is 6.01. The lowest BCUT2D eigenvalue weighted by Crippen LogP contribution is -2.37. The van der Waals surface area contributed by atoms with Crippen LogP contribution in [0.2, 0.25) is 5.02 Å². The van der Waals surface area contributed by atoms with Crippen LogP contribution in [0.25, 0.3) is 0 Å². The molecule has 0 saturated carbocycles. The Morgan fingerprint density at radius 3 is 2.81 bits per heavy atom. The van der Waals surface area contributed by atoms with Gasteiger partial charge in [-0.3, -0.25) is 4.68 Å². The molecule has 0 spiro atoms. The molecule has 5 heteroatoms. The van der Waals surface area contributed by atoms with E-state index in [1.807, 2.05) is 13.8 Å². The molecule has 0 aliphatic heterocycles. The van der Waals surface area contributed by atoms with Crippen molar-refractivity contribution in [3.63, 3.8) is 0 Å². The Hall–Kier alpha value is -1.05. The van der Waals surface area contributed by atoms with Gasteiger partial charge in [0.05, 0.1) is 16.8 Å². The minimum Gasteiger partial charge on any atom is -0.313 e. The molecule has 88 valence electrons. The summed E-state index contributed by atoms with van der Waals surface area (Å²) in [5, 5.41) is 13.8. The van der Waals surface area contributed by atoms with Gasteiger partial charge in [0.2, 0.25) is 0 Å². The van der Waals surface area contributed by atoms with E-state index in [9.17, 15) is 0 Å². The number of nitriles is 1. The molecule has 0 amide bonds. The Kier molecular flexibility index (Phi) is 4.34. The van der Waals surface area contributed by atoms with E-state index in [-0.39, 0.29) is 0 Å². The lowest BCUT2D eigenvalue weighted by molar-refractivity contribution is 0.434. The Balaban J connectivity index is 2.45. The third-order valence-corrected chi connectivity index (χ3v) is 3.12. The van der Waals surface area contributed by atoms with Gasteiger partial charge in [0.15, 0.2) is 0 Å². The number of nitrogens with zero attached hydrogens (tertiary/aromatic N) is 3. The van der Waals surface area contributed by atoms with Gasteiger partial charge in [-0.15, -0.1) is 0 Å². The van der Waals surface area contributed by atoms with Crippen LogP contribution in [0.5, 0.6) is 0 Å². The number of halogens is 1. The molecular weight excluding hydrogens is 224 g/mol. The highest BCUT2D eigenvalue weighted by molar-refractivity contribution is 6.31. The fraction of sp³-hybridized carbons (Fsp3) is 0.636. The van der Waals surface area contributed by atoms with E-state index in [2.05, 4.69) is 11.2 Å². The lowest BCUT2D eigenvalue weighted by atomic mass is 9.93. The van der Waals surface area contributed by atoms with E-state index >= 15 is 0 Å². The van der Waals surface area contributed by atoms with Crippen LogP contribution in [0, 0.1) is 18.3 Å². The van der Waals surface area contributed by atoms with Crippen molar-refractivity contribution in [1.29, 1.82) is 5.26 Å². The van der Waals surface area contributed by atoms with Gasteiger partial charge in [0.1, 0.15) is 5.54 Å². The quantitative estimate of drug-likeness (QED) is 0.859. The van der Waals surface area contributed by atoms with Gasteiger partial charge in [0, 0.05) is 12.7 Å². The normalized spacial score (nSPS) is 14.4. The summed E-state index contributed by atoms with van der Waals surface area (Å²) < 4.78 is 1.80. The van der Waals surface area contributed by atoms with Gasteiger partial charge < -0.3 is 5.73 Å². The maximum absolute atomic E-state index is 8.91. The van der Waals surface area contributed by atoms with Crippen LogP contribution in [0.1, 0.15) is 31.9 Å². The van der Waals surface area contributed by atoms with Gasteiger partial charge >= 0.3 is 0 Å². The zero-order chi connectivity index (χ0) is 12.2. The zero-order valence-corrected chi connectivity index (χ0v) is 10.5. The summed E-state index contributed by atoms with van der Waals surface area (Å²) >= 11 is 5.89. The molecule has 0 radical (unpaired) electrons. The molecular formula is C11H17ClN4. The molecule has 0 aromatic carbocycles. The van der Waals surface area contributed by atoms with Crippen LogP contribution < -0.4 is 5.73 Å². The molecule has 1 heterocycles. The first-order chi connectivity index (χ1) is 7.50. The lowest BCUT2D eigenvalue weighted by Gasteiger charge is -2.18. The Labute approximate surface area is 101 Å². The number of hydrogen-bond donors (Lipinski definition) is 1. The molecule has 1 rings (SSSR count). The van der Waals surface area contributed by atoms with Crippen molar-refractivity contribution in [2.75, 3.05) is 0 Å². The summed E-state index contributed by atoms with van der Waals surface area (Å²) in [7, 11) is 0. The highest BCUT2D eigenvalue weighted by Crippen LogP contribution is 2.15. The summed E-state index contributed by atoms with van der Waals surface area (Å²) in [6, 6.07) is 2.15. The molecule has 16 heavy (non-hydrogen) atoms. The first-order valence-electron chi connectivity index (χ1n) is 5.40. The fourth-order valence-electron chi connectivity index (χ4n) is 1.48. The Bertz CT molecular complexity index is 374. The van der Waals surface area contributed by atoms with Crippen LogP contribution in [0.3, 0.4) is 0 Å². The SMILES string of the molecule is CCC(N)(C#N)CCCn1cc(Cl)c(C)n1. The largest absolute Gasteiger partial charge is 0.313 e. The standard InChI is InChI=1S/C11H17ClN4/c1-3-11(14,8-13)5-4-6-16-7-10(12)9(2)15-16/h7H,3-6,14H2,1-2H3. The first kappa shape index (κ1) is 13.0. The van der Waals surface area contributed by atoms with E-state index < -0.39 is 5.54 Å². The van der Waals surface area contributed by atoms with Crippen LogP contribution >= 0.6 is 11.6 Å². The van der Waals surface area contributed by atoms with Crippen molar-refractivity contribution in [3.8, 4) is 6.07 Å². The molecule has 0 fully saturated rings. The molecule has 2 N–H and O–H groups in total. The predicted molar refractivity (Wildman–Crippen MR) is 64.0 cm³/mol. The smallest absolute Gasteiger partial charge is 0.104 e. The van der Waals surface area contributed by atoms with Crippen molar-refractivity contribution in [2.45, 2.75) is 45.2 Å². The Morgan fingerprint density at radius 2 is 2.38 bits per heavy atom. The average molecular weight is 241 g/mol. The van der Waals surface area contributed by atoms with Gasteiger partial charge in [-0.1, -0.05) is 18.5 Å². The third kappa shape index (κ3) is 3.22. The van der Waals surface area contributed by atoms with Gasteiger partial charge in [-0.25, -0.2) is 0 Å². The molecule has 1 aromatic rings. The third-order valence-electron chi connectivity index (χ3n) is 2.75. The Morgan fingerprint density at radius 1 is 1.69 bits per heavy atom. The van der Waals surface area contributed by atoms with E-state index in [4.69, 9.17) is 22.6 Å². The second-order valence-electron chi connectivity index (χ2n) is 4.05. The maximum atomic E-state index is 8.91. The highest BCUT2D eigenvalue weighted by atomic mass is 35.5. The molecule has 4 nitrogen and oxygen atoms in total. The molecule has 1 unspecified atom stereocenters. The summed E-state index contributed by atoms with van der Waals surface area (Å²) in [4.78, 5) is 0. The van der Waals surface area contributed by atoms with E-state index in [0.29, 0.717) is 17.9 Å². The van der Waals surface area contributed by atoms with Crippen LogP contribution in [0.4, 0.5) is 0 Å². The highest BCUT2D eigenvalue weighted by Gasteiger charge is 2.21. The van der Waals surface area contributed by atoms with Crippen LogP contribution in [0.15, 0.2) is 6.20 Å². The molecule has 0 aliphatic rings. The van der Waals surface area contributed by atoms with Gasteiger partial charge in [-0.05, 0) is 26.2 Å². The minimum atomic E-state index is -0.702. The van der Waals surface area contributed by atoms with Gasteiger partial charge in [0.25, 0.3) is 0 Å². The molecule has 0 saturated heterocycles. The second-order valence-corrected chi connectivity index (χ2v) is 4.46. The number of aryl methyl sites for hydroxylation is 2. The molecule has 1 atom stereocenters. The van der Waals surface area contributed by atoms with Crippen LogP contribution in [-0.2, 0) is 6.54 Å². The first-order valence-corrected chi connectivity index (χ1v) is 5.78. The van der Waals surface area contributed by atoms with E-state index in [0.717, 1.165) is 18.7 Å². The number of hydrogen-bond acceptors (Lipinski definition) is 3. The molecule has 0 bridgehead atoms. The van der Waals surface area contributed by atoms with Crippen molar-refractivity contribution in [2.24, 2.45) is 5.73 Å².